The summed E-state index contributed by atoms with van der Waals surface area (Å²) in [4.78, 5) is 27.6. The highest BCUT2D eigenvalue weighted by Crippen LogP contribution is 2.09. The van der Waals surface area contributed by atoms with Crippen LogP contribution in [0.5, 0.6) is 0 Å². The number of hydrogen-bond donors (Lipinski definition) is 2. The lowest BCUT2D eigenvalue weighted by atomic mass is 10.2. The van der Waals surface area contributed by atoms with Gasteiger partial charge in [0.15, 0.2) is 4.77 Å². The van der Waals surface area contributed by atoms with Crippen LogP contribution in [-0.2, 0) is 17.9 Å². The summed E-state index contributed by atoms with van der Waals surface area (Å²) in [7, 11) is 0. The van der Waals surface area contributed by atoms with Crippen LogP contribution in [0.15, 0.2) is 53.3 Å². The zero-order valence-electron chi connectivity index (χ0n) is 12.6. The van der Waals surface area contributed by atoms with E-state index in [0.717, 1.165) is 5.56 Å². The predicted octanol–water partition coefficient (Wildman–Crippen LogP) is 3.03. The van der Waals surface area contributed by atoms with Crippen molar-refractivity contribution in [3.8, 4) is 0 Å². The lowest BCUT2D eigenvalue weighted by Gasteiger charge is -2.09. The van der Waals surface area contributed by atoms with Gasteiger partial charge in [-0.2, -0.15) is 0 Å². The highest BCUT2D eigenvalue weighted by atomic mass is 35.5. The van der Waals surface area contributed by atoms with E-state index in [1.165, 1.54) is 4.57 Å². The Morgan fingerprint density at radius 1 is 1.17 bits per heavy atom. The number of amides is 1. The van der Waals surface area contributed by atoms with Crippen molar-refractivity contribution in [2.24, 2.45) is 0 Å². The molecular weight excluding hydrogens is 346 g/mol. The molecule has 0 aliphatic rings. The van der Waals surface area contributed by atoms with Gasteiger partial charge in [0.1, 0.15) is 6.54 Å². The lowest BCUT2D eigenvalue weighted by Crippen LogP contribution is -2.32. The minimum Gasteiger partial charge on any atom is -0.350 e. The Bertz CT molecular complexity index is 1010. The summed E-state index contributed by atoms with van der Waals surface area (Å²) >= 11 is 11.0. The largest absolute Gasteiger partial charge is 0.350 e. The monoisotopic (exact) mass is 359 g/mol. The number of aromatic amines is 1. The first-order valence-corrected chi connectivity index (χ1v) is 8.06. The first-order valence-electron chi connectivity index (χ1n) is 7.27. The molecule has 1 heterocycles. The fraction of sp³-hybridized carbons (Fsp3) is 0.118. The van der Waals surface area contributed by atoms with E-state index in [1.54, 1.807) is 30.3 Å². The topological polar surface area (TPSA) is 66.9 Å². The summed E-state index contributed by atoms with van der Waals surface area (Å²) < 4.78 is 1.48. The number of nitrogens with one attached hydrogen (secondary N) is 2. The molecule has 2 N–H and O–H groups in total. The van der Waals surface area contributed by atoms with E-state index < -0.39 is 0 Å². The number of carbonyl (C=O) groups is 1. The Labute approximate surface area is 147 Å². The van der Waals surface area contributed by atoms with Gasteiger partial charge in [-0.1, -0.05) is 35.9 Å². The number of benzene rings is 2. The number of nitrogens with zero attached hydrogens (tertiary/aromatic N) is 1. The molecule has 7 heteroatoms. The number of para-hydroxylation sites is 1. The molecule has 3 aromatic rings. The number of aromatic nitrogens is 2. The second kappa shape index (κ2) is 6.98. The lowest BCUT2D eigenvalue weighted by molar-refractivity contribution is -0.121. The van der Waals surface area contributed by atoms with Gasteiger partial charge in [-0.05, 0) is 42.0 Å². The van der Waals surface area contributed by atoms with Crippen molar-refractivity contribution >= 4 is 40.6 Å². The Morgan fingerprint density at radius 3 is 2.62 bits per heavy atom. The maximum absolute atomic E-state index is 12.5. The van der Waals surface area contributed by atoms with Crippen LogP contribution in [0.3, 0.4) is 0 Å². The van der Waals surface area contributed by atoms with E-state index in [0.29, 0.717) is 22.5 Å². The van der Waals surface area contributed by atoms with E-state index in [2.05, 4.69) is 10.3 Å². The summed E-state index contributed by atoms with van der Waals surface area (Å²) in [6, 6.07) is 14.2. The van der Waals surface area contributed by atoms with Crippen molar-refractivity contribution in [3.63, 3.8) is 0 Å². The van der Waals surface area contributed by atoms with Crippen molar-refractivity contribution < 1.29 is 4.79 Å². The number of fused-ring (bicyclic) bond motifs is 1. The first kappa shape index (κ1) is 16.4. The van der Waals surface area contributed by atoms with Gasteiger partial charge in [0, 0.05) is 11.6 Å². The molecule has 1 aromatic heterocycles. The van der Waals surface area contributed by atoms with E-state index in [-0.39, 0.29) is 22.8 Å². The van der Waals surface area contributed by atoms with Gasteiger partial charge in [0.05, 0.1) is 10.9 Å². The average molecular weight is 360 g/mol. The van der Waals surface area contributed by atoms with Crippen LogP contribution in [0.1, 0.15) is 5.56 Å². The predicted molar refractivity (Wildman–Crippen MR) is 96.7 cm³/mol. The number of rotatable bonds is 4. The smallest absolute Gasteiger partial charge is 0.262 e. The molecule has 0 unspecified atom stereocenters. The van der Waals surface area contributed by atoms with Crippen molar-refractivity contribution in [1.82, 2.24) is 14.9 Å². The molecule has 0 fully saturated rings. The van der Waals surface area contributed by atoms with Crippen LogP contribution in [-0.4, -0.2) is 15.5 Å². The molecule has 0 aliphatic carbocycles. The zero-order valence-corrected chi connectivity index (χ0v) is 14.2. The number of halogens is 1. The number of H-pyrrole nitrogens is 1. The van der Waals surface area contributed by atoms with E-state index >= 15 is 0 Å². The molecule has 24 heavy (non-hydrogen) atoms. The van der Waals surface area contributed by atoms with Crippen LogP contribution in [0, 0.1) is 4.77 Å². The fourth-order valence-corrected chi connectivity index (χ4v) is 2.73. The van der Waals surface area contributed by atoms with Crippen LogP contribution >= 0.6 is 23.8 Å². The Kier molecular flexibility index (Phi) is 4.78. The van der Waals surface area contributed by atoms with E-state index in [4.69, 9.17) is 23.8 Å². The van der Waals surface area contributed by atoms with Gasteiger partial charge in [0.2, 0.25) is 5.91 Å². The number of carbonyl (C=O) groups excluding carboxylic acids is 1. The van der Waals surface area contributed by atoms with Crippen LogP contribution in [0.2, 0.25) is 5.02 Å². The third-order valence-corrected chi connectivity index (χ3v) is 4.17. The zero-order chi connectivity index (χ0) is 17.1. The molecule has 122 valence electrons. The molecule has 3 rings (SSSR count). The summed E-state index contributed by atoms with van der Waals surface area (Å²) in [5, 5.41) is 3.90. The molecule has 0 spiro atoms. The van der Waals surface area contributed by atoms with E-state index in [1.807, 2.05) is 18.2 Å². The molecule has 0 radical (unpaired) electrons. The molecule has 0 saturated carbocycles. The van der Waals surface area contributed by atoms with Crippen molar-refractivity contribution in [3.05, 3.63) is 74.2 Å². The quantitative estimate of drug-likeness (QED) is 0.704. The molecule has 0 aliphatic heterocycles. The molecule has 2 aromatic carbocycles. The fourth-order valence-electron chi connectivity index (χ4n) is 2.34. The molecule has 5 nitrogen and oxygen atoms in total. The first-order chi connectivity index (χ1) is 11.5. The van der Waals surface area contributed by atoms with Crippen molar-refractivity contribution in [2.75, 3.05) is 0 Å². The van der Waals surface area contributed by atoms with Crippen molar-refractivity contribution in [2.45, 2.75) is 13.1 Å². The van der Waals surface area contributed by atoms with E-state index in [9.17, 15) is 9.59 Å². The van der Waals surface area contributed by atoms with Gasteiger partial charge < -0.3 is 10.3 Å². The second-order valence-electron chi connectivity index (χ2n) is 5.27. The standard InChI is InChI=1S/C17H14ClN3O2S/c18-12-7-5-11(6-8-12)9-19-15(22)10-21-16(23)13-3-1-2-4-14(13)20-17(21)24/h1-8H,9-10H2,(H,19,22)(H,20,24). The highest BCUT2D eigenvalue weighted by molar-refractivity contribution is 7.71. The minimum absolute atomic E-state index is 0.132. The molecule has 0 saturated heterocycles. The Morgan fingerprint density at radius 2 is 1.88 bits per heavy atom. The maximum atomic E-state index is 12.5. The Balaban J connectivity index is 1.77. The van der Waals surface area contributed by atoms with Crippen LogP contribution in [0.25, 0.3) is 10.9 Å². The van der Waals surface area contributed by atoms with Gasteiger partial charge in [-0.15, -0.1) is 0 Å². The second-order valence-corrected chi connectivity index (χ2v) is 6.09. The third kappa shape index (κ3) is 3.55. The summed E-state index contributed by atoms with van der Waals surface area (Å²) in [6.45, 7) is 0.224. The average Bonchev–Trinajstić information content (AvgIpc) is 2.58. The van der Waals surface area contributed by atoms with Crippen LogP contribution in [0.4, 0.5) is 0 Å². The normalized spacial score (nSPS) is 10.7. The van der Waals surface area contributed by atoms with Gasteiger partial charge in [-0.25, -0.2) is 0 Å². The SMILES string of the molecule is O=C(Cn1c(=S)[nH]c2ccccc2c1=O)NCc1ccc(Cl)cc1. The van der Waals surface area contributed by atoms with Crippen molar-refractivity contribution in [1.29, 1.82) is 0 Å². The third-order valence-electron chi connectivity index (χ3n) is 3.59. The Hall–Kier alpha value is -2.44. The molecule has 0 bridgehead atoms. The highest BCUT2D eigenvalue weighted by Gasteiger charge is 2.09. The minimum atomic E-state index is -0.290. The summed E-state index contributed by atoms with van der Waals surface area (Å²) in [6.07, 6.45) is 0. The summed E-state index contributed by atoms with van der Waals surface area (Å²) in [5.74, 6) is -0.290. The number of hydrogen-bond acceptors (Lipinski definition) is 3. The summed E-state index contributed by atoms with van der Waals surface area (Å²) in [5.41, 5.74) is 1.30. The molecular formula is C17H14ClN3O2S. The van der Waals surface area contributed by atoms with Gasteiger partial charge >= 0.3 is 0 Å². The maximum Gasteiger partial charge on any atom is 0.262 e. The van der Waals surface area contributed by atoms with Gasteiger partial charge in [-0.3, -0.25) is 14.2 Å². The van der Waals surface area contributed by atoms with Gasteiger partial charge in [0.25, 0.3) is 5.56 Å². The van der Waals surface area contributed by atoms with Crippen LogP contribution < -0.4 is 10.9 Å². The molecule has 0 atom stereocenters. The molecule has 1 amide bonds.